The van der Waals surface area contributed by atoms with Crippen molar-refractivity contribution in [2.24, 2.45) is 0 Å². The van der Waals surface area contributed by atoms with E-state index in [0.29, 0.717) is 4.88 Å². The molecule has 0 fully saturated rings. The minimum atomic E-state index is 0.667. The summed E-state index contributed by atoms with van der Waals surface area (Å²) in [5, 5.41) is 8.15. The minimum Gasteiger partial charge on any atom is -0.200 e. The zero-order chi connectivity index (χ0) is 5.11. The molecule has 0 saturated heterocycles. The van der Waals surface area contributed by atoms with Crippen molar-refractivity contribution in [2.45, 2.75) is 0 Å². The lowest BCUT2D eigenvalue weighted by molar-refractivity contribution is 1.52. The molecule has 3 heteroatoms. The Kier molecular flexibility index (Phi) is 1.05. The molecule has 1 aromatic rings. The van der Waals surface area contributed by atoms with E-state index in [1.165, 1.54) is 11.5 Å². The first-order chi connectivity index (χ1) is 3.43. The molecule has 34 valence electrons. The van der Waals surface area contributed by atoms with Gasteiger partial charge in [-0.25, -0.2) is 0 Å². The van der Waals surface area contributed by atoms with Gasteiger partial charge in [-0.1, -0.05) is 0 Å². The Hall–Kier alpha value is -0.880. The van der Waals surface area contributed by atoms with Gasteiger partial charge < -0.3 is 0 Å². The van der Waals surface area contributed by atoms with E-state index in [-0.39, 0.29) is 0 Å². The summed E-state index contributed by atoms with van der Waals surface area (Å²) in [6, 6.07) is 3.65. The number of aromatic nitrogens is 1. The first-order valence-electron chi connectivity index (χ1n) is 1.74. The first kappa shape index (κ1) is 4.28. The van der Waals surface area contributed by atoms with Crippen LogP contribution in [0.25, 0.3) is 0 Å². The summed E-state index contributed by atoms with van der Waals surface area (Å²) in [4.78, 5) is 0.667. The van der Waals surface area contributed by atoms with Crippen molar-refractivity contribution in [3.8, 4) is 6.07 Å². The maximum absolute atomic E-state index is 8.15. The quantitative estimate of drug-likeness (QED) is 0.499. The van der Waals surface area contributed by atoms with Gasteiger partial charge in [-0.15, -0.1) is 0 Å². The lowest BCUT2D eigenvalue weighted by atomic mass is 10.5. The zero-order valence-electron chi connectivity index (χ0n) is 3.46. The molecular weight excluding hydrogens is 108 g/mol. The highest BCUT2D eigenvalue weighted by Gasteiger charge is 1.84. The van der Waals surface area contributed by atoms with Crippen LogP contribution >= 0.6 is 11.5 Å². The standard InChI is InChI=1S/C4H2N2S/c5-3-4-1-2-6-7-4/h1-2H. The summed E-state index contributed by atoms with van der Waals surface area (Å²) < 4.78 is 3.71. The van der Waals surface area contributed by atoms with Crippen molar-refractivity contribution in [3.63, 3.8) is 0 Å². The summed E-state index contributed by atoms with van der Waals surface area (Å²) in [5.74, 6) is 0. The topological polar surface area (TPSA) is 36.7 Å². The summed E-state index contributed by atoms with van der Waals surface area (Å²) in [7, 11) is 0. The average Bonchev–Trinajstić information content (AvgIpc) is 2.14. The van der Waals surface area contributed by atoms with E-state index < -0.39 is 0 Å². The fourth-order valence-corrected chi connectivity index (χ4v) is 0.671. The lowest BCUT2D eigenvalue weighted by Gasteiger charge is -1.59. The van der Waals surface area contributed by atoms with E-state index in [1.807, 2.05) is 6.07 Å². The Morgan fingerprint density at radius 2 is 2.71 bits per heavy atom. The Morgan fingerprint density at radius 1 is 1.86 bits per heavy atom. The summed E-state index contributed by atoms with van der Waals surface area (Å²) in [6.45, 7) is 0. The van der Waals surface area contributed by atoms with Crippen LogP contribution in [0.2, 0.25) is 0 Å². The Morgan fingerprint density at radius 3 is 3.00 bits per heavy atom. The molecule has 0 unspecified atom stereocenters. The summed E-state index contributed by atoms with van der Waals surface area (Å²) in [5.41, 5.74) is 0. The van der Waals surface area contributed by atoms with Crippen LogP contribution in [0.4, 0.5) is 0 Å². The van der Waals surface area contributed by atoms with Gasteiger partial charge in [0.1, 0.15) is 10.9 Å². The van der Waals surface area contributed by atoms with E-state index in [1.54, 1.807) is 12.3 Å². The predicted molar refractivity (Wildman–Crippen MR) is 26.8 cm³/mol. The van der Waals surface area contributed by atoms with Crippen LogP contribution in [0.1, 0.15) is 4.88 Å². The molecule has 0 N–H and O–H groups in total. The van der Waals surface area contributed by atoms with Gasteiger partial charge in [-0.3, -0.25) is 0 Å². The fourth-order valence-electron chi connectivity index (χ4n) is 0.273. The molecule has 0 spiro atoms. The molecule has 1 rings (SSSR count). The molecule has 1 heterocycles. The van der Waals surface area contributed by atoms with E-state index in [2.05, 4.69) is 4.37 Å². The highest BCUT2D eigenvalue weighted by molar-refractivity contribution is 7.06. The van der Waals surface area contributed by atoms with Crippen LogP contribution in [0.5, 0.6) is 0 Å². The van der Waals surface area contributed by atoms with Crippen LogP contribution in [0.3, 0.4) is 0 Å². The minimum absolute atomic E-state index is 0.667. The van der Waals surface area contributed by atoms with Crippen LogP contribution in [0, 0.1) is 11.3 Å². The maximum atomic E-state index is 8.15. The molecule has 0 saturated carbocycles. The van der Waals surface area contributed by atoms with Crippen molar-refractivity contribution in [3.05, 3.63) is 17.1 Å². The van der Waals surface area contributed by atoms with Crippen LogP contribution < -0.4 is 0 Å². The predicted octanol–water partition coefficient (Wildman–Crippen LogP) is 1.01. The monoisotopic (exact) mass is 110 g/mol. The highest BCUT2D eigenvalue weighted by Crippen LogP contribution is 1.99. The van der Waals surface area contributed by atoms with E-state index in [0.717, 1.165) is 0 Å². The van der Waals surface area contributed by atoms with Crippen LogP contribution in [-0.2, 0) is 0 Å². The average molecular weight is 110 g/mol. The zero-order valence-corrected chi connectivity index (χ0v) is 4.27. The third-order valence-electron chi connectivity index (χ3n) is 0.548. The molecular formula is C4H2N2S. The Bertz CT molecular complexity index is 172. The number of hydrogen-bond donors (Lipinski definition) is 0. The molecule has 7 heavy (non-hydrogen) atoms. The smallest absolute Gasteiger partial charge is 0.125 e. The Labute approximate surface area is 45.2 Å². The van der Waals surface area contributed by atoms with Crippen molar-refractivity contribution in [2.75, 3.05) is 0 Å². The number of rotatable bonds is 0. The van der Waals surface area contributed by atoms with E-state index in [9.17, 15) is 0 Å². The fraction of sp³-hybridized carbons (Fsp3) is 0. The molecule has 0 amide bonds. The molecule has 0 atom stereocenters. The summed E-state index contributed by atoms with van der Waals surface area (Å²) >= 11 is 1.21. The van der Waals surface area contributed by atoms with Crippen LogP contribution in [0.15, 0.2) is 12.3 Å². The van der Waals surface area contributed by atoms with Gasteiger partial charge >= 0.3 is 0 Å². The molecule has 0 aromatic carbocycles. The SMILES string of the molecule is N#Cc1ccns1. The normalized spacial score (nSPS) is 7.86. The second kappa shape index (κ2) is 1.71. The van der Waals surface area contributed by atoms with E-state index >= 15 is 0 Å². The van der Waals surface area contributed by atoms with Gasteiger partial charge in [-0.2, -0.15) is 9.64 Å². The van der Waals surface area contributed by atoms with Gasteiger partial charge in [0.15, 0.2) is 0 Å². The molecule has 0 bridgehead atoms. The van der Waals surface area contributed by atoms with Crippen molar-refractivity contribution in [1.82, 2.24) is 4.37 Å². The summed E-state index contributed by atoms with van der Waals surface area (Å²) in [6.07, 6.45) is 1.61. The first-order valence-corrected chi connectivity index (χ1v) is 2.51. The second-order valence-corrected chi connectivity index (χ2v) is 1.82. The van der Waals surface area contributed by atoms with Crippen molar-refractivity contribution < 1.29 is 0 Å². The molecule has 1 aromatic heterocycles. The molecule has 0 aliphatic carbocycles. The lowest BCUT2D eigenvalue weighted by Crippen LogP contribution is -1.50. The second-order valence-electron chi connectivity index (χ2n) is 0.988. The molecule has 0 aliphatic heterocycles. The van der Waals surface area contributed by atoms with Gasteiger partial charge in [0.25, 0.3) is 0 Å². The third-order valence-corrected chi connectivity index (χ3v) is 1.20. The van der Waals surface area contributed by atoms with Gasteiger partial charge in [0.05, 0.1) is 0 Å². The number of nitrogens with zero attached hydrogens (tertiary/aromatic N) is 2. The molecule has 2 nitrogen and oxygen atoms in total. The highest BCUT2D eigenvalue weighted by atomic mass is 32.1. The third kappa shape index (κ3) is 0.756. The van der Waals surface area contributed by atoms with Crippen molar-refractivity contribution >= 4 is 11.5 Å². The van der Waals surface area contributed by atoms with E-state index in [4.69, 9.17) is 5.26 Å². The largest absolute Gasteiger partial charge is 0.200 e. The maximum Gasteiger partial charge on any atom is 0.125 e. The van der Waals surface area contributed by atoms with Gasteiger partial charge in [0, 0.05) is 6.20 Å². The molecule has 0 aliphatic rings. The number of nitriles is 1. The number of hydrogen-bond acceptors (Lipinski definition) is 3. The molecule has 0 radical (unpaired) electrons. The van der Waals surface area contributed by atoms with Crippen molar-refractivity contribution in [1.29, 1.82) is 5.26 Å². The van der Waals surface area contributed by atoms with Gasteiger partial charge in [0.2, 0.25) is 0 Å². The Balaban J connectivity index is 3.04. The van der Waals surface area contributed by atoms with Gasteiger partial charge in [-0.05, 0) is 17.6 Å². The van der Waals surface area contributed by atoms with Crippen LogP contribution in [-0.4, -0.2) is 4.37 Å².